The van der Waals surface area contributed by atoms with Crippen LogP contribution >= 0.6 is 11.3 Å². The van der Waals surface area contributed by atoms with Crippen LogP contribution < -0.4 is 4.90 Å². The van der Waals surface area contributed by atoms with E-state index in [0.29, 0.717) is 6.42 Å². The van der Waals surface area contributed by atoms with Crippen molar-refractivity contribution in [1.82, 2.24) is 9.88 Å². The van der Waals surface area contributed by atoms with Crippen molar-refractivity contribution in [3.8, 4) is 0 Å². The smallest absolute Gasteiger partial charge is 0.223 e. The monoisotopic (exact) mass is 441 g/mol. The quantitative estimate of drug-likeness (QED) is 0.412. The van der Waals surface area contributed by atoms with Gasteiger partial charge in [-0.1, -0.05) is 84.1 Å². The standard InChI is InChI=1S/C27H27N3OS/c1-20-9-8-14-24-26(20)28-27(32-24)30-17-15-29(16-18-30)25(31)19-23(21-10-4-2-5-11-21)22-12-6-3-7-13-22/h2-14,23H,15-19H2,1H3. The van der Waals surface area contributed by atoms with Crippen molar-refractivity contribution in [1.29, 1.82) is 0 Å². The van der Waals surface area contributed by atoms with Crippen LogP contribution in [0.4, 0.5) is 5.13 Å². The van der Waals surface area contributed by atoms with E-state index >= 15 is 0 Å². The first-order valence-electron chi connectivity index (χ1n) is 11.2. The fraction of sp³-hybridized carbons (Fsp3) is 0.259. The minimum atomic E-state index is 0.0789. The van der Waals surface area contributed by atoms with Crippen molar-refractivity contribution in [3.05, 3.63) is 95.6 Å². The van der Waals surface area contributed by atoms with Gasteiger partial charge in [0.2, 0.25) is 5.91 Å². The molecule has 1 fully saturated rings. The fourth-order valence-electron chi connectivity index (χ4n) is 4.46. The molecule has 0 unspecified atom stereocenters. The predicted molar refractivity (Wildman–Crippen MR) is 132 cm³/mol. The van der Waals surface area contributed by atoms with Crippen LogP contribution in [0.2, 0.25) is 0 Å². The number of piperazine rings is 1. The Bertz CT molecular complexity index is 1160. The molecule has 4 nitrogen and oxygen atoms in total. The Hall–Kier alpha value is -3.18. The lowest BCUT2D eigenvalue weighted by Gasteiger charge is -2.35. The maximum atomic E-state index is 13.3. The SMILES string of the molecule is Cc1cccc2sc(N3CCN(C(=O)CC(c4ccccc4)c4ccccc4)CC3)nc12. The number of benzene rings is 3. The average Bonchev–Trinajstić information content (AvgIpc) is 3.29. The molecule has 1 aliphatic heterocycles. The summed E-state index contributed by atoms with van der Waals surface area (Å²) in [6.07, 6.45) is 0.494. The van der Waals surface area contributed by atoms with E-state index in [2.05, 4.69) is 54.3 Å². The molecule has 5 heteroatoms. The number of rotatable bonds is 5. The molecule has 1 aromatic heterocycles. The van der Waals surface area contributed by atoms with Gasteiger partial charge in [-0.3, -0.25) is 4.79 Å². The number of fused-ring (bicyclic) bond motifs is 1. The van der Waals surface area contributed by atoms with Gasteiger partial charge in [-0.05, 0) is 29.7 Å². The molecule has 0 bridgehead atoms. The Morgan fingerprint density at radius 3 is 2.09 bits per heavy atom. The van der Waals surface area contributed by atoms with Crippen LogP contribution in [0.25, 0.3) is 10.2 Å². The van der Waals surface area contributed by atoms with E-state index in [-0.39, 0.29) is 11.8 Å². The summed E-state index contributed by atoms with van der Waals surface area (Å²) in [6, 6.07) is 27.1. The molecular formula is C27H27N3OS. The van der Waals surface area contributed by atoms with Crippen molar-refractivity contribution < 1.29 is 4.79 Å². The number of aromatic nitrogens is 1. The number of thiazole rings is 1. The van der Waals surface area contributed by atoms with Crippen LogP contribution in [0.1, 0.15) is 29.0 Å². The Morgan fingerprint density at radius 1 is 0.875 bits per heavy atom. The van der Waals surface area contributed by atoms with Gasteiger partial charge < -0.3 is 9.80 Å². The van der Waals surface area contributed by atoms with Crippen LogP contribution in [-0.4, -0.2) is 42.0 Å². The molecule has 1 aliphatic rings. The molecule has 0 aliphatic carbocycles. The number of amides is 1. The Balaban J connectivity index is 1.27. The second-order valence-electron chi connectivity index (χ2n) is 8.36. The van der Waals surface area contributed by atoms with Crippen LogP contribution in [0, 0.1) is 6.92 Å². The summed E-state index contributed by atoms with van der Waals surface area (Å²) in [7, 11) is 0. The van der Waals surface area contributed by atoms with Crippen molar-refractivity contribution in [2.75, 3.05) is 31.1 Å². The van der Waals surface area contributed by atoms with Gasteiger partial charge >= 0.3 is 0 Å². The normalized spacial score (nSPS) is 14.3. The Labute approximate surface area is 193 Å². The molecule has 1 amide bonds. The molecule has 32 heavy (non-hydrogen) atoms. The minimum absolute atomic E-state index is 0.0789. The van der Waals surface area contributed by atoms with E-state index in [9.17, 15) is 4.79 Å². The van der Waals surface area contributed by atoms with Crippen LogP contribution in [0.5, 0.6) is 0 Å². The van der Waals surface area contributed by atoms with Crippen molar-refractivity contribution in [3.63, 3.8) is 0 Å². The maximum Gasteiger partial charge on any atom is 0.223 e. The Morgan fingerprint density at radius 2 is 1.50 bits per heavy atom. The zero-order valence-corrected chi connectivity index (χ0v) is 19.1. The van der Waals surface area contributed by atoms with E-state index in [1.165, 1.54) is 21.4 Å². The Kier molecular flexibility index (Phi) is 5.91. The van der Waals surface area contributed by atoms with Gasteiger partial charge in [-0.2, -0.15) is 0 Å². The number of para-hydroxylation sites is 1. The third kappa shape index (κ3) is 4.26. The molecule has 0 atom stereocenters. The van der Waals surface area contributed by atoms with E-state index in [0.717, 1.165) is 36.8 Å². The van der Waals surface area contributed by atoms with Crippen molar-refractivity contribution >= 4 is 32.6 Å². The zero-order chi connectivity index (χ0) is 21.9. The van der Waals surface area contributed by atoms with Gasteiger partial charge in [0.15, 0.2) is 5.13 Å². The molecule has 5 rings (SSSR count). The number of carbonyl (C=O) groups is 1. The molecule has 0 spiro atoms. The number of nitrogens with zero attached hydrogens (tertiary/aromatic N) is 3. The fourth-order valence-corrected chi connectivity index (χ4v) is 5.55. The van der Waals surface area contributed by atoms with E-state index in [4.69, 9.17) is 4.98 Å². The summed E-state index contributed by atoms with van der Waals surface area (Å²) >= 11 is 1.74. The predicted octanol–water partition coefficient (Wildman–Crippen LogP) is 5.48. The number of hydrogen-bond acceptors (Lipinski definition) is 4. The molecule has 3 aromatic carbocycles. The molecule has 2 heterocycles. The second kappa shape index (κ2) is 9.13. The van der Waals surface area contributed by atoms with E-state index in [1.54, 1.807) is 11.3 Å². The topological polar surface area (TPSA) is 36.4 Å². The van der Waals surface area contributed by atoms with Crippen LogP contribution in [0.3, 0.4) is 0 Å². The van der Waals surface area contributed by atoms with Crippen LogP contribution in [0.15, 0.2) is 78.9 Å². The first kappa shape index (κ1) is 20.7. The van der Waals surface area contributed by atoms with Gasteiger partial charge in [-0.25, -0.2) is 4.98 Å². The first-order chi connectivity index (χ1) is 15.7. The van der Waals surface area contributed by atoms with Crippen molar-refractivity contribution in [2.45, 2.75) is 19.3 Å². The van der Waals surface area contributed by atoms with Crippen molar-refractivity contribution in [2.24, 2.45) is 0 Å². The van der Waals surface area contributed by atoms with Gasteiger partial charge in [-0.15, -0.1) is 0 Å². The third-order valence-electron chi connectivity index (χ3n) is 6.29. The highest BCUT2D eigenvalue weighted by Gasteiger charge is 2.26. The molecule has 0 saturated carbocycles. The minimum Gasteiger partial charge on any atom is -0.345 e. The number of carbonyl (C=O) groups excluding carboxylic acids is 1. The molecule has 162 valence electrons. The van der Waals surface area contributed by atoms with Gasteiger partial charge in [0.1, 0.15) is 0 Å². The highest BCUT2D eigenvalue weighted by Crippen LogP contribution is 2.32. The van der Waals surface area contributed by atoms with E-state index < -0.39 is 0 Å². The average molecular weight is 442 g/mol. The number of aryl methyl sites for hydroxylation is 1. The second-order valence-corrected chi connectivity index (χ2v) is 9.37. The summed E-state index contributed by atoms with van der Waals surface area (Å²) in [5.74, 6) is 0.303. The lowest BCUT2D eigenvalue weighted by molar-refractivity contribution is -0.131. The highest BCUT2D eigenvalue weighted by molar-refractivity contribution is 7.22. The van der Waals surface area contributed by atoms with Gasteiger partial charge in [0.05, 0.1) is 10.2 Å². The summed E-state index contributed by atoms with van der Waals surface area (Å²) in [6.45, 7) is 5.24. The molecule has 4 aromatic rings. The lowest BCUT2D eigenvalue weighted by Crippen LogP contribution is -2.49. The highest BCUT2D eigenvalue weighted by atomic mass is 32.1. The molecular weight excluding hydrogens is 414 g/mol. The molecule has 0 radical (unpaired) electrons. The number of anilines is 1. The van der Waals surface area contributed by atoms with Gasteiger partial charge in [0.25, 0.3) is 0 Å². The van der Waals surface area contributed by atoms with E-state index in [1.807, 2.05) is 41.3 Å². The summed E-state index contributed by atoms with van der Waals surface area (Å²) in [4.78, 5) is 22.5. The maximum absolute atomic E-state index is 13.3. The summed E-state index contributed by atoms with van der Waals surface area (Å²) in [5.41, 5.74) is 4.69. The number of hydrogen-bond donors (Lipinski definition) is 0. The first-order valence-corrected chi connectivity index (χ1v) is 12.0. The van der Waals surface area contributed by atoms with Gasteiger partial charge in [0, 0.05) is 38.5 Å². The zero-order valence-electron chi connectivity index (χ0n) is 18.3. The summed E-state index contributed by atoms with van der Waals surface area (Å²) < 4.78 is 1.23. The third-order valence-corrected chi connectivity index (χ3v) is 7.38. The summed E-state index contributed by atoms with van der Waals surface area (Å²) in [5, 5.41) is 1.06. The largest absolute Gasteiger partial charge is 0.345 e. The molecule has 1 saturated heterocycles. The lowest BCUT2D eigenvalue weighted by atomic mass is 9.88. The molecule has 0 N–H and O–H groups in total. The van der Waals surface area contributed by atoms with Crippen LogP contribution in [-0.2, 0) is 4.79 Å².